The third-order valence-corrected chi connectivity index (χ3v) is 6.02. The molecule has 4 heterocycles. The molecule has 9 nitrogen and oxygen atoms in total. The van der Waals surface area contributed by atoms with Crippen LogP contribution in [0.4, 0.5) is 11.4 Å². The van der Waals surface area contributed by atoms with Crippen molar-refractivity contribution in [1.82, 2.24) is 15.0 Å². The quantitative estimate of drug-likeness (QED) is 0.319. The Hall–Kier alpha value is -3.95. The third kappa shape index (κ3) is 3.64. The monoisotopic (exact) mass is 477 g/mol. The van der Waals surface area contributed by atoms with Crippen molar-refractivity contribution in [3.8, 4) is 11.6 Å². The van der Waals surface area contributed by atoms with Gasteiger partial charge in [-0.2, -0.15) is 0 Å². The molecular weight excluding hydrogens is 458 g/mol. The smallest absolute Gasteiger partial charge is 0.252 e. The minimum Gasteiger partial charge on any atom is -0.439 e. The van der Waals surface area contributed by atoms with Gasteiger partial charge < -0.3 is 25.5 Å². The van der Waals surface area contributed by atoms with E-state index in [-0.39, 0.29) is 16.4 Å². The van der Waals surface area contributed by atoms with Crippen LogP contribution >= 0.6 is 11.6 Å². The van der Waals surface area contributed by atoms with Gasteiger partial charge in [0.1, 0.15) is 16.9 Å². The normalized spacial score (nSPS) is 17.1. The standard InChI is InChI=1S/C24H20ClN5O4/c1-12-5-6-26-18(7-12)34-13-3-4-14(16(25)8-13)21(32)15-9-27-22-19(15)20-17(10-28-22)29-23(33)24(2,11-31)30-20/h3-10,30-31H,11H2,1-2H3,(H,27,28)(H,29,33). The van der Waals surface area contributed by atoms with Gasteiger partial charge in [0.05, 0.1) is 40.2 Å². The van der Waals surface area contributed by atoms with Crippen molar-refractivity contribution in [3.63, 3.8) is 0 Å². The molecule has 0 aliphatic carbocycles. The first-order valence-electron chi connectivity index (χ1n) is 10.4. The summed E-state index contributed by atoms with van der Waals surface area (Å²) in [6, 6.07) is 8.45. The van der Waals surface area contributed by atoms with Crippen LogP contribution < -0.4 is 15.4 Å². The number of aromatic nitrogens is 3. The van der Waals surface area contributed by atoms with Gasteiger partial charge in [0.2, 0.25) is 5.88 Å². The number of aromatic amines is 1. The Bertz CT molecular complexity index is 1470. The number of pyridine rings is 2. The fraction of sp³-hybridized carbons (Fsp3) is 0.167. The van der Waals surface area contributed by atoms with Crippen molar-refractivity contribution in [1.29, 1.82) is 0 Å². The zero-order chi connectivity index (χ0) is 24.0. The number of nitrogens with zero attached hydrogens (tertiary/aromatic N) is 2. The first-order valence-corrected chi connectivity index (χ1v) is 10.8. The van der Waals surface area contributed by atoms with Crippen LogP contribution in [0.15, 0.2) is 48.9 Å². The summed E-state index contributed by atoms with van der Waals surface area (Å²) >= 11 is 6.47. The Morgan fingerprint density at radius 1 is 1.21 bits per heavy atom. The number of aryl methyl sites for hydroxylation is 1. The van der Waals surface area contributed by atoms with E-state index in [0.29, 0.717) is 39.6 Å². The van der Waals surface area contributed by atoms with Crippen LogP contribution in [0.1, 0.15) is 28.4 Å². The molecule has 1 aliphatic heterocycles. The fourth-order valence-electron chi connectivity index (χ4n) is 3.78. The predicted molar refractivity (Wildman–Crippen MR) is 128 cm³/mol. The van der Waals surface area contributed by atoms with E-state index in [1.54, 1.807) is 43.6 Å². The molecule has 3 aromatic heterocycles. The number of hydrogen-bond acceptors (Lipinski definition) is 7. The first-order chi connectivity index (χ1) is 16.3. The molecule has 4 N–H and O–H groups in total. The molecule has 34 heavy (non-hydrogen) atoms. The molecule has 10 heteroatoms. The number of fused-ring (bicyclic) bond motifs is 3. The highest BCUT2D eigenvalue weighted by Crippen LogP contribution is 2.39. The molecule has 0 saturated carbocycles. The molecule has 0 saturated heterocycles. The number of carbonyl (C=O) groups is 2. The average Bonchev–Trinajstić information content (AvgIpc) is 3.24. The molecular formula is C24H20ClN5O4. The summed E-state index contributed by atoms with van der Waals surface area (Å²) in [5, 5.41) is 16.3. The number of rotatable bonds is 5. The second kappa shape index (κ2) is 8.12. The minimum absolute atomic E-state index is 0.212. The number of carbonyl (C=O) groups excluding carboxylic acids is 2. The van der Waals surface area contributed by atoms with Crippen molar-refractivity contribution in [2.75, 3.05) is 17.2 Å². The van der Waals surface area contributed by atoms with Crippen molar-refractivity contribution in [2.24, 2.45) is 0 Å². The molecule has 0 spiro atoms. The van der Waals surface area contributed by atoms with E-state index in [1.807, 2.05) is 13.0 Å². The largest absolute Gasteiger partial charge is 0.439 e. The van der Waals surface area contributed by atoms with Gasteiger partial charge in [0.15, 0.2) is 5.78 Å². The van der Waals surface area contributed by atoms with Crippen LogP contribution in [0.2, 0.25) is 5.02 Å². The molecule has 0 bridgehead atoms. The van der Waals surface area contributed by atoms with E-state index in [2.05, 4.69) is 25.6 Å². The Balaban J connectivity index is 1.52. The summed E-state index contributed by atoms with van der Waals surface area (Å²) in [7, 11) is 0. The lowest BCUT2D eigenvalue weighted by molar-refractivity contribution is -0.121. The van der Waals surface area contributed by atoms with E-state index in [0.717, 1.165) is 5.56 Å². The van der Waals surface area contributed by atoms with Crippen LogP contribution in [0.25, 0.3) is 11.0 Å². The number of aliphatic hydroxyl groups is 1. The van der Waals surface area contributed by atoms with E-state index in [9.17, 15) is 14.7 Å². The highest BCUT2D eigenvalue weighted by molar-refractivity contribution is 6.36. The molecule has 0 radical (unpaired) electrons. The topological polar surface area (TPSA) is 129 Å². The van der Waals surface area contributed by atoms with Crippen molar-refractivity contribution in [3.05, 3.63) is 70.6 Å². The van der Waals surface area contributed by atoms with E-state index < -0.39 is 18.1 Å². The maximum atomic E-state index is 13.5. The molecule has 1 unspecified atom stereocenters. The van der Waals surface area contributed by atoms with Gasteiger partial charge in [0, 0.05) is 30.1 Å². The molecule has 4 aromatic rings. The van der Waals surface area contributed by atoms with Gasteiger partial charge in [0.25, 0.3) is 5.91 Å². The lowest BCUT2D eigenvalue weighted by Crippen LogP contribution is -2.53. The molecule has 1 aliphatic rings. The average molecular weight is 478 g/mol. The number of halogens is 1. The van der Waals surface area contributed by atoms with E-state index in [1.165, 1.54) is 6.20 Å². The number of ketones is 1. The molecule has 1 atom stereocenters. The van der Waals surface area contributed by atoms with E-state index >= 15 is 0 Å². The molecule has 0 fully saturated rings. The van der Waals surface area contributed by atoms with Gasteiger partial charge in [-0.1, -0.05) is 11.6 Å². The van der Waals surface area contributed by atoms with Gasteiger partial charge >= 0.3 is 0 Å². The van der Waals surface area contributed by atoms with Crippen molar-refractivity contribution >= 4 is 45.7 Å². The number of nitrogens with one attached hydrogen (secondary N) is 3. The van der Waals surface area contributed by atoms with Crippen LogP contribution in [-0.2, 0) is 4.79 Å². The number of amides is 1. The Labute approximate surface area is 199 Å². The number of H-pyrrole nitrogens is 1. The highest BCUT2D eigenvalue weighted by Gasteiger charge is 2.39. The van der Waals surface area contributed by atoms with Gasteiger partial charge in [-0.15, -0.1) is 0 Å². The zero-order valence-electron chi connectivity index (χ0n) is 18.3. The van der Waals surface area contributed by atoms with Gasteiger partial charge in [-0.25, -0.2) is 9.97 Å². The second-order valence-corrected chi connectivity index (χ2v) is 8.69. The summed E-state index contributed by atoms with van der Waals surface area (Å²) < 4.78 is 5.76. The maximum absolute atomic E-state index is 13.5. The Morgan fingerprint density at radius 2 is 2.03 bits per heavy atom. The first kappa shape index (κ1) is 21.9. The van der Waals surface area contributed by atoms with Crippen LogP contribution in [0.3, 0.4) is 0 Å². The predicted octanol–water partition coefficient (Wildman–Crippen LogP) is 4.06. The zero-order valence-corrected chi connectivity index (χ0v) is 19.0. The summed E-state index contributed by atoms with van der Waals surface area (Å²) in [5.74, 6) is 0.134. The number of anilines is 2. The Morgan fingerprint density at radius 3 is 2.76 bits per heavy atom. The summed E-state index contributed by atoms with van der Waals surface area (Å²) in [6.45, 7) is 3.07. The number of hydrogen-bond donors (Lipinski definition) is 4. The van der Waals surface area contributed by atoms with Crippen molar-refractivity contribution in [2.45, 2.75) is 19.4 Å². The van der Waals surface area contributed by atoms with Gasteiger partial charge in [-0.3, -0.25) is 9.59 Å². The van der Waals surface area contributed by atoms with Crippen molar-refractivity contribution < 1.29 is 19.4 Å². The lowest BCUT2D eigenvalue weighted by atomic mass is 9.96. The number of aliphatic hydroxyl groups excluding tert-OH is 1. The molecule has 172 valence electrons. The maximum Gasteiger partial charge on any atom is 0.252 e. The molecule has 1 amide bonds. The molecule has 1 aromatic carbocycles. The van der Waals surface area contributed by atoms with E-state index in [4.69, 9.17) is 16.3 Å². The van der Waals surface area contributed by atoms with Crippen LogP contribution in [-0.4, -0.2) is 43.9 Å². The number of benzene rings is 1. The third-order valence-electron chi connectivity index (χ3n) is 5.71. The summed E-state index contributed by atoms with van der Waals surface area (Å²) in [6.07, 6.45) is 4.68. The number of ether oxygens (including phenoxy) is 1. The minimum atomic E-state index is -1.25. The summed E-state index contributed by atoms with van der Waals surface area (Å²) in [4.78, 5) is 37.3. The van der Waals surface area contributed by atoms with Gasteiger partial charge in [-0.05, 0) is 37.6 Å². The lowest BCUT2D eigenvalue weighted by Gasteiger charge is -2.34. The fourth-order valence-corrected chi connectivity index (χ4v) is 4.03. The molecule has 5 rings (SSSR count). The van der Waals surface area contributed by atoms with Crippen LogP contribution in [0.5, 0.6) is 11.6 Å². The second-order valence-electron chi connectivity index (χ2n) is 8.29. The SMILES string of the molecule is Cc1ccnc(Oc2ccc(C(=O)c3c[nH]c4ncc5c(c34)NC(C)(CO)C(=O)N5)c(Cl)c2)c1. The summed E-state index contributed by atoms with van der Waals surface area (Å²) in [5.41, 5.74) is 1.70. The van der Waals surface area contributed by atoms with Crippen LogP contribution in [0, 0.1) is 6.92 Å². The highest BCUT2D eigenvalue weighted by atomic mass is 35.5. The Kier molecular flexibility index (Phi) is 5.22.